The van der Waals surface area contributed by atoms with E-state index in [4.69, 9.17) is 14.6 Å². The van der Waals surface area contributed by atoms with Crippen LogP contribution in [0.5, 0.6) is 0 Å². The molecular weight excluding hydrogens is 245 g/mol. The van der Waals surface area contributed by atoms with Gasteiger partial charge >= 0.3 is 7.12 Å². The molecular formula is C13H26BNO4. The maximum absolute atomic E-state index is 10.0. The summed E-state index contributed by atoms with van der Waals surface area (Å²) >= 11 is 0. The summed E-state index contributed by atoms with van der Waals surface area (Å²) in [6.45, 7) is 13.1. The molecule has 0 spiro atoms. The lowest BCUT2D eigenvalue weighted by atomic mass is 9.81. The largest absolute Gasteiger partial charge is 0.579 e. The smallest absolute Gasteiger partial charge is 0.391 e. The Hall–Kier alpha value is -0.605. The second-order valence-corrected chi connectivity index (χ2v) is 6.84. The van der Waals surface area contributed by atoms with Crippen molar-refractivity contribution in [2.24, 2.45) is 0 Å². The first-order valence-electron chi connectivity index (χ1n) is 6.34. The summed E-state index contributed by atoms with van der Waals surface area (Å²) in [5.74, 6) is 1.89. The molecule has 2 N–H and O–H groups in total. The van der Waals surface area contributed by atoms with Crippen LogP contribution in [0.2, 0.25) is 0 Å². The second-order valence-electron chi connectivity index (χ2n) is 6.84. The van der Waals surface area contributed by atoms with E-state index in [2.05, 4.69) is 0 Å². The molecule has 0 radical (unpaired) electrons. The third-order valence-corrected chi connectivity index (χ3v) is 3.86. The highest BCUT2D eigenvalue weighted by atomic mass is 16.6. The normalized spacial score (nSPS) is 14.2. The lowest BCUT2D eigenvalue weighted by Crippen LogP contribution is -2.55. The van der Waals surface area contributed by atoms with Crippen molar-refractivity contribution in [1.82, 2.24) is 0 Å². The summed E-state index contributed by atoms with van der Waals surface area (Å²) in [5.41, 5.74) is -4.21. The van der Waals surface area contributed by atoms with Crippen molar-refractivity contribution in [1.29, 1.82) is 5.26 Å². The maximum Gasteiger partial charge on any atom is 0.579 e. The number of nitriles is 1. The van der Waals surface area contributed by atoms with E-state index in [1.165, 1.54) is 0 Å². The molecule has 0 unspecified atom stereocenters. The lowest BCUT2D eigenvalue weighted by Gasteiger charge is -2.42. The topological polar surface area (TPSA) is 82.7 Å². The van der Waals surface area contributed by atoms with E-state index < -0.39 is 29.5 Å². The average molecular weight is 271 g/mol. The van der Waals surface area contributed by atoms with E-state index >= 15 is 0 Å². The summed E-state index contributed by atoms with van der Waals surface area (Å²) in [6.07, 6.45) is 0. The van der Waals surface area contributed by atoms with Crippen molar-refractivity contribution in [3.63, 3.8) is 0 Å². The first-order chi connectivity index (χ1) is 8.14. The number of nitrogens with zero attached hydrogens (tertiary/aromatic N) is 1. The van der Waals surface area contributed by atoms with Crippen molar-refractivity contribution in [3.8, 4) is 5.97 Å². The molecule has 19 heavy (non-hydrogen) atoms. The van der Waals surface area contributed by atoms with E-state index in [-0.39, 0.29) is 0 Å². The van der Waals surface area contributed by atoms with Gasteiger partial charge < -0.3 is 19.5 Å². The van der Waals surface area contributed by atoms with Crippen LogP contribution < -0.4 is 0 Å². The maximum atomic E-state index is 10.0. The van der Waals surface area contributed by atoms with Gasteiger partial charge in [0.25, 0.3) is 0 Å². The molecule has 0 atom stereocenters. The Bertz CT molecular complexity index is 319. The molecule has 0 aliphatic carbocycles. The van der Waals surface area contributed by atoms with E-state index in [9.17, 15) is 10.2 Å². The third-order valence-electron chi connectivity index (χ3n) is 3.86. The minimum absolute atomic E-state index is 0.969. The first-order valence-corrected chi connectivity index (χ1v) is 6.34. The molecule has 0 aromatic rings. The molecule has 0 aliphatic heterocycles. The van der Waals surface area contributed by atoms with Crippen LogP contribution in [-0.4, -0.2) is 39.7 Å². The molecule has 0 bridgehead atoms. The SMILES string of the molecule is CC(C)(O)C(C)(C)OB(C#N)OC(C)(C)C(C)(C)O. The van der Waals surface area contributed by atoms with Crippen LogP contribution in [0.15, 0.2) is 0 Å². The van der Waals surface area contributed by atoms with Gasteiger partial charge in [0, 0.05) is 0 Å². The number of hydrogen-bond donors (Lipinski definition) is 2. The van der Waals surface area contributed by atoms with Gasteiger partial charge in [0.15, 0.2) is 0 Å². The number of rotatable bonds is 6. The number of aliphatic hydroxyl groups is 2. The fourth-order valence-electron chi connectivity index (χ4n) is 0.900. The third kappa shape index (κ3) is 4.77. The fraction of sp³-hybridized carbons (Fsp3) is 0.923. The quantitative estimate of drug-likeness (QED) is 0.718. The summed E-state index contributed by atoms with van der Waals surface area (Å²) < 4.78 is 11.1. The van der Waals surface area contributed by atoms with Gasteiger partial charge in [-0.05, 0) is 55.4 Å². The predicted molar refractivity (Wildman–Crippen MR) is 74.3 cm³/mol. The van der Waals surface area contributed by atoms with E-state index in [1.54, 1.807) is 55.4 Å². The summed E-state index contributed by atoms with van der Waals surface area (Å²) in [4.78, 5) is 0. The van der Waals surface area contributed by atoms with E-state index in [0.717, 1.165) is 0 Å². The lowest BCUT2D eigenvalue weighted by molar-refractivity contribution is -0.131. The zero-order valence-corrected chi connectivity index (χ0v) is 13.2. The highest BCUT2D eigenvalue weighted by molar-refractivity contribution is 6.53. The van der Waals surface area contributed by atoms with Gasteiger partial charge in [-0.15, -0.1) is 0 Å². The first kappa shape index (κ1) is 18.4. The minimum Gasteiger partial charge on any atom is -0.391 e. The van der Waals surface area contributed by atoms with Crippen LogP contribution in [0, 0.1) is 11.2 Å². The Labute approximate surface area is 116 Å². The standard InChI is InChI=1S/C13H26BNO4/c1-10(2,16)12(5,6)18-14(9-15)19-13(7,8)11(3,4)17/h16-17H,1-8H3. The summed E-state index contributed by atoms with van der Waals surface area (Å²) in [7, 11) is -1.18. The zero-order chi connectivity index (χ0) is 15.7. The Kier molecular flexibility index (Phi) is 5.24. The van der Waals surface area contributed by atoms with Crippen molar-refractivity contribution in [2.45, 2.75) is 77.8 Å². The predicted octanol–water partition coefficient (Wildman–Crippen LogP) is 1.67. The summed E-state index contributed by atoms with van der Waals surface area (Å²) in [5, 5.41) is 29.1. The van der Waals surface area contributed by atoms with Gasteiger partial charge in [-0.25, -0.2) is 5.26 Å². The van der Waals surface area contributed by atoms with Crippen molar-refractivity contribution < 1.29 is 19.5 Å². The van der Waals surface area contributed by atoms with Gasteiger partial charge in [0.05, 0.1) is 28.4 Å². The molecule has 110 valence electrons. The monoisotopic (exact) mass is 271 g/mol. The molecule has 0 fully saturated rings. The summed E-state index contributed by atoms with van der Waals surface area (Å²) in [6, 6.07) is 0. The molecule has 6 heteroatoms. The second kappa shape index (κ2) is 5.41. The zero-order valence-electron chi connectivity index (χ0n) is 13.2. The van der Waals surface area contributed by atoms with Crippen molar-refractivity contribution >= 4 is 7.12 Å². The van der Waals surface area contributed by atoms with Crippen LogP contribution in [-0.2, 0) is 9.31 Å². The van der Waals surface area contributed by atoms with E-state index in [1.807, 2.05) is 5.97 Å². The minimum atomic E-state index is -1.18. The molecule has 5 nitrogen and oxygen atoms in total. The van der Waals surface area contributed by atoms with E-state index in [0.29, 0.717) is 0 Å². The number of hydrogen-bond acceptors (Lipinski definition) is 5. The van der Waals surface area contributed by atoms with Crippen LogP contribution >= 0.6 is 0 Å². The van der Waals surface area contributed by atoms with Gasteiger partial charge in [-0.2, -0.15) is 0 Å². The molecule has 0 rings (SSSR count). The van der Waals surface area contributed by atoms with Gasteiger partial charge in [0.2, 0.25) is 0 Å². The van der Waals surface area contributed by atoms with Crippen LogP contribution in [0.1, 0.15) is 55.4 Å². The van der Waals surface area contributed by atoms with Gasteiger partial charge in [-0.3, -0.25) is 0 Å². The Morgan fingerprint density at radius 2 is 1.05 bits per heavy atom. The van der Waals surface area contributed by atoms with Crippen LogP contribution in [0.25, 0.3) is 0 Å². The molecule has 0 amide bonds. The van der Waals surface area contributed by atoms with Gasteiger partial charge in [0.1, 0.15) is 0 Å². The molecule has 0 saturated carbocycles. The van der Waals surface area contributed by atoms with Crippen molar-refractivity contribution in [2.75, 3.05) is 0 Å². The Morgan fingerprint density at radius 1 is 0.789 bits per heavy atom. The Morgan fingerprint density at radius 3 is 1.21 bits per heavy atom. The fourth-order valence-corrected chi connectivity index (χ4v) is 0.900. The highest BCUT2D eigenvalue weighted by Crippen LogP contribution is 2.30. The molecule has 0 saturated heterocycles. The Balaban J connectivity index is 4.97. The molecule has 0 aromatic carbocycles. The molecule has 0 heterocycles. The average Bonchev–Trinajstić information content (AvgIpc) is 2.12. The van der Waals surface area contributed by atoms with Crippen LogP contribution in [0.4, 0.5) is 0 Å². The molecule has 0 aliphatic rings. The van der Waals surface area contributed by atoms with Crippen molar-refractivity contribution in [3.05, 3.63) is 0 Å². The van der Waals surface area contributed by atoms with Crippen LogP contribution in [0.3, 0.4) is 0 Å². The van der Waals surface area contributed by atoms with Gasteiger partial charge in [-0.1, -0.05) is 0 Å². The highest BCUT2D eigenvalue weighted by Gasteiger charge is 2.45. The molecule has 0 aromatic heterocycles.